The van der Waals surface area contributed by atoms with Gasteiger partial charge in [0.05, 0.1) is 11.7 Å². The summed E-state index contributed by atoms with van der Waals surface area (Å²) in [6, 6.07) is 16.6. The molecule has 5 heterocycles. The third-order valence-electron chi connectivity index (χ3n) is 9.79. The number of rotatable bonds is 0. The number of hydrogen-bond donors (Lipinski definition) is 0. The second-order valence-corrected chi connectivity index (χ2v) is 12.0. The van der Waals surface area contributed by atoms with Crippen LogP contribution >= 0.6 is 0 Å². The molecule has 42 heavy (non-hydrogen) atoms. The van der Waals surface area contributed by atoms with E-state index in [1.165, 1.54) is 25.7 Å². The van der Waals surface area contributed by atoms with Crippen LogP contribution in [0, 0.1) is 23.7 Å². The summed E-state index contributed by atoms with van der Waals surface area (Å²) < 4.78 is 0. The fourth-order valence-corrected chi connectivity index (χ4v) is 7.82. The van der Waals surface area contributed by atoms with Gasteiger partial charge in [0.15, 0.2) is 0 Å². The van der Waals surface area contributed by atoms with Gasteiger partial charge in [0.1, 0.15) is 0 Å². The van der Waals surface area contributed by atoms with Crippen molar-refractivity contribution in [3.8, 4) is 0 Å². The molecular weight excluding hydrogens is 559 g/mol. The fourth-order valence-electron chi connectivity index (χ4n) is 7.82. The van der Waals surface area contributed by atoms with Gasteiger partial charge in [-0.3, -0.25) is 11.6 Å². The number of aromatic nitrogens is 2. The molecule has 3 aliphatic heterocycles. The van der Waals surface area contributed by atoms with Crippen LogP contribution in [0.25, 0.3) is 32.2 Å². The summed E-state index contributed by atoms with van der Waals surface area (Å²) in [5, 5.41) is 14.6. The molecule has 4 aromatic rings. The predicted molar refractivity (Wildman–Crippen MR) is 162 cm³/mol. The van der Waals surface area contributed by atoms with Crippen molar-refractivity contribution in [2.45, 2.75) is 63.7 Å². The Morgan fingerprint density at radius 2 is 0.976 bits per heavy atom. The van der Waals surface area contributed by atoms with Crippen LogP contribution in [-0.2, 0) is 0 Å². The van der Waals surface area contributed by atoms with Crippen molar-refractivity contribution < 1.29 is 12.4 Å². The van der Waals surface area contributed by atoms with Crippen LogP contribution in [-0.4, -0.2) is 41.4 Å². The fraction of sp³-hybridized carbons (Fsp3) is 0.438. The van der Waals surface area contributed by atoms with Gasteiger partial charge < -0.3 is 53.0 Å². The van der Waals surface area contributed by atoms with E-state index in [1.807, 2.05) is 0 Å². The van der Waals surface area contributed by atoms with E-state index in [-0.39, 0.29) is 42.1 Å². The minimum Gasteiger partial charge on any atom is -1.00 e. The van der Waals surface area contributed by atoms with Crippen LogP contribution in [0.3, 0.4) is 0 Å². The molecule has 2 aliphatic carbocycles. The number of fused-ring (bicyclic) bond motifs is 18. The van der Waals surface area contributed by atoms with E-state index in [0.717, 1.165) is 70.5 Å². The first-order valence-electron chi connectivity index (χ1n) is 14.9. The minimum absolute atomic E-state index is 0. The van der Waals surface area contributed by atoms with E-state index >= 15 is 0 Å². The molecule has 0 saturated heterocycles. The van der Waals surface area contributed by atoms with Crippen molar-refractivity contribution in [3.05, 3.63) is 70.1 Å². The lowest BCUT2D eigenvalue weighted by Crippen LogP contribution is -3.00. The number of hydrogen-bond acceptors (Lipinski definition) is 4. The Kier molecular flexibility index (Phi) is 7.16. The lowest BCUT2D eigenvalue weighted by Gasteiger charge is -2.42. The zero-order chi connectivity index (χ0) is 26.2. The monoisotopic (exact) mass is 588 g/mol. The molecule has 2 aromatic heterocycles. The molecular formula is C32H30AlClN8-5. The topological polar surface area (TPSA) is 106 Å². The maximum Gasteiger partial charge on any atom is 0.0565 e. The second kappa shape index (κ2) is 10.9. The summed E-state index contributed by atoms with van der Waals surface area (Å²) >= 11 is 0. The van der Waals surface area contributed by atoms with Crippen molar-refractivity contribution in [3.63, 3.8) is 0 Å². The van der Waals surface area contributed by atoms with Gasteiger partial charge in [-0.1, -0.05) is 85.0 Å². The molecule has 3 radical (unpaired) electrons. The highest BCUT2D eigenvalue weighted by molar-refractivity contribution is 6.03. The van der Waals surface area contributed by atoms with Gasteiger partial charge in [0.25, 0.3) is 0 Å². The van der Waals surface area contributed by atoms with Crippen LogP contribution in [0.1, 0.15) is 51.4 Å². The number of halogens is 1. The zero-order valence-electron chi connectivity index (χ0n) is 23.3. The zero-order valence-corrected chi connectivity index (χ0v) is 25.2. The Morgan fingerprint density at radius 1 is 0.548 bits per heavy atom. The largest absolute Gasteiger partial charge is 1.00 e. The lowest BCUT2D eigenvalue weighted by atomic mass is 9.79. The van der Waals surface area contributed by atoms with Crippen molar-refractivity contribution in [2.75, 3.05) is 0 Å². The first-order valence-corrected chi connectivity index (χ1v) is 14.9. The smallest absolute Gasteiger partial charge is 0.0565 e. The molecule has 9 rings (SSSR count). The van der Waals surface area contributed by atoms with E-state index in [1.54, 1.807) is 0 Å². The van der Waals surface area contributed by atoms with Crippen LogP contribution in [0.4, 0.5) is 11.6 Å². The highest BCUT2D eigenvalue weighted by Crippen LogP contribution is 2.48. The average Bonchev–Trinajstić information content (AvgIpc) is 3.73. The second-order valence-electron chi connectivity index (χ2n) is 12.0. The van der Waals surface area contributed by atoms with Gasteiger partial charge in [-0.2, -0.15) is 0 Å². The molecule has 6 unspecified atom stereocenters. The molecule has 2 aromatic carbocycles. The molecule has 0 amide bonds. The first kappa shape index (κ1) is 27.7. The summed E-state index contributed by atoms with van der Waals surface area (Å²) in [5.41, 5.74) is 1.42. The van der Waals surface area contributed by atoms with E-state index in [2.05, 4.69) is 48.5 Å². The quantitative estimate of drug-likeness (QED) is 0.295. The normalized spacial score (nSPS) is 29.3. The molecule has 2 saturated carbocycles. The van der Waals surface area contributed by atoms with Crippen LogP contribution in [0.15, 0.2) is 68.5 Å². The molecule has 0 N–H and O–H groups in total. The van der Waals surface area contributed by atoms with E-state index in [9.17, 15) is 0 Å². The van der Waals surface area contributed by atoms with Crippen molar-refractivity contribution in [2.24, 2.45) is 43.6 Å². The van der Waals surface area contributed by atoms with Gasteiger partial charge in [0.2, 0.25) is 0 Å². The number of aliphatic imine (C=N–C) groups is 2. The van der Waals surface area contributed by atoms with Crippen LogP contribution in [0.5, 0.6) is 0 Å². The predicted octanol–water partition coefficient (Wildman–Crippen LogP) is 2.58. The van der Waals surface area contributed by atoms with Crippen LogP contribution < -0.4 is 33.4 Å². The number of nitrogens with zero attached hydrogens (tertiary/aromatic N) is 8. The summed E-state index contributed by atoms with van der Waals surface area (Å²) in [5.74, 6) is 4.52. The standard InChI is InChI=1S/C32H30N8.Al.ClH/c1-2-10-18-17(9-1)25-33-26(18)38-28-21-13-5-6-14-22(21)30(35-28)40-32-24-16-8-7-15-23(24)31(36-32)39-29-20-12-4-3-11-19(20)27(34-29)37-25;;/h1-2,7-10,15-16,19-22,27-28H,3-6,11-14H2;;1H/q-4;;/p-1. The molecule has 2 fully saturated rings. The maximum absolute atomic E-state index is 5.22. The van der Waals surface area contributed by atoms with Gasteiger partial charge in [-0.05, 0) is 60.6 Å². The molecule has 213 valence electrons. The Hall–Kier alpha value is -3.12. The molecule has 6 atom stereocenters. The molecule has 0 spiro atoms. The SMILES string of the molecule is [Al].[Cl-].c1ccc2c3[n-]c(c2c1)[N-]C1N=C(N=c2[n-]c(c4ccccc24)=NC2=NC([N-]3)C3CCCCC23)C2CCCCC12. The number of benzene rings is 2. The Morgan fingerprint density at radius 3 is 1.45 bits per heavy atom. The molecule has 5 aliphatic rings. The van der Waals surface area contributed by atoms with E-state index in [0.29, 0.717) is 34.6 Å². The summed E-state index contributed by atoms with van der Waals surface area (Å²) in [6.45, 7) is 0. The number of amidine groups is 2. The van der Waals surface area contributed by atoms with Gasteiger partial charge >= 0.3 is 0 Å². The molecule has 8 bridgehead atoms. The van der Waals surface area contributed by atoms with E-state index < -0.39 is 0 Å². The van der Waals surface area contributed by atoms with E-state index in [4.69, 9.17) is 40.6 Å². The van der Waals surface area contributed by atoms with Gasteiger partial charge in [-0.25, -0.2) is 0 Å². The maximum atomic E-state index is 5.22. The molecule has 8 nitrogen and oxygen atoms in total. The first-order chi connectivity index (χ1) is 19.8. The van der Waals surface area contributed by atoms with Gasteiger partial charge in [-0.15, -0.1) is 0 Å². The average molecular weight is 589 g/mol. The summed E-state index contributed by atoms with van der Waals surface area (Å²) in [7, 11) is 0. The van der Waals surface area contributed by atoms with Gasteiger partial charge in [0, 0.05) is 40.2 Å². The van der Waals surface area contributed by atoms with Crippen LogP contribution in [0.2, 0.25) is 0 Å². The Bertz CT molecular complexity index is 1710. The Labute approximate surface area is 261 Å². The highest BCUT2D eigenvalue weighted by Gasteiger charge is 2.36. The Balaban J connectivity index is 0.00000144. The summed E-state index contributed by atoms with van der Waals surface area (Å²) in [4.78, 5) is 30.7. The third-order valence-corrected chi connectivity index (χ3v) is 9.79. The molecule has 10 heteroatoms. The minimum atomic E-state index is -0.188. The third kappa shape index (κ3) is 4.32. The van der Waals surface area contributed by atoms with Crippen molar-refractivity contribution in [1.29, 1.82) is 0 Å². The van der Waals surface area contributed by atoms with Crippen molar-refractivity contribution in [1.82, 2.24) is 9.97 Å². The highest BCUT2D eigenvalue weighted by atomic mass is 35.5. The summed E-state index contributed by atoms with van der Waals surface area (Å²) in [6.07, 6.45) is 8.82. The lowest BCUT2D eigenvalue weighted by molar-refractivity contribution is -0.00000832. The van der Waals surface area contributed by atoms with Crippen molar-refractivity contribution >= 4 is 62.2 Å².